The van der Waals surface area contributed by atoms with Crippen molar-refractivity contribution in [2.24, 2.45) is 0 Å². The van der Waals surface area contributed by atoms with Gasteiger partial charge < -0.3 is 4.74 Å². The van der Waals surface area contributed by atoms with Crippen molar-refractivity contribution in [2.75, 3.05) is 6.61 Å². The summed E-state index contributed by atoms with van der Waals surface area (Å²) in [6, 6.07) is 25.8. The Kier molecular flexibility index (Phi) is 7.13. The van der Waals surface area contributed by atoms with Crippen molar-refractivity contribution in [1.29, 1.82) is 5.26 Å². The molecular weight excluding hydrogens is 488 g/mol. The van der Waals surface area contributed by atoms with Crippen LogP contribution < -0.4 is 4.74 Å². The first-order valence-corrected chi connectivity index (χ1v) is 12.9. The van der Waals surface area contributed by atoms with Gasteiger partial charge in [0.25, 0.3) is 0 Å². The highest BCUT2D eigenvalue weighted by Crippen LogP contribution is 2.34. The molecule has 0 bridgehead atoms. The molecule has 3 aromatic carbocycles. The van der Waals surface area contributed by atoms with Crippen LogP contribution in [0.2, 0.25) is 5.02 Å². The molecule has 2 aromatic heterocycles. The molecule has 0 aliphatic rings. The third-order valence-corrected chi connectivity index (χ3v) is 7.03. The number of nitrogens with zero attached hydrogens (tertiary/aromatic N) is 4. The third-order valence-electron chi connectivity index (χ3n) is 5.67. The van der Waals surface area contributed by atoms with Crippen molar-refractivity contribution >= 4 is 44.8 Å². The van der Waals surface area contributed by atoms with Crippen LogP contribution in [0.5, 0.6) is 5.75 Å². The highest BCUT2D eigenvalue weighted by molar-refractivity contribution is 7.19. The molecule has 0 N–H and O–H groups in total. The van der Waals surface area contributed by atoms with E-state index in [1.54, 1.807) is 0 Å². The summed E-state index contributed by atoms with van der Waals surface area (Å²) in [4.78, 5) is 4.67. The van der Waals surface area contributed by atoms with E-state index in [1.165, 1.54) is 11.3 Å². The van der Waals surface area contributed by atoms with Crippen LogP contribution in [0, 0.1) is 11.3 Å². The average molecular weight is 511 g/mol. The molecular formula is C29H23ClN4OS. The van der Waals surface area contributed by atoms with Crippen LogP contribution in [0.15, 0.2) is 79.0 Å². The second-order valence-corrected chi connectivity index (χ2v) is 9.65. The highest BCUT2D eigenvalue weighted by Gasteiger charge is 2.16. The number of hydrogen-bond acceptors (Lipinski definition) is 5. The lowest BCUT2D eigenvalue weighted by Crippen LogP contribution is -1.97. The molecule has 0 unspecified atom stereocenters. The maximum Gasteiger partial charge on any atom is 0.137 e. The lowest BCUT2D eigenvalue weighted by atomic mass is 10.1. The maximum absolute atomic E-state index is 10.0. The van der Waals surface area contributed by atoms with E-state index in [9.17, 15) is 5.26 Å². The van der Waals surface area contributed by atoms with E-state index in [2.05, 4.69) is 18.0 Å². The van der Waals surface area contributed by atoms with Crippen LogP contribution in [-0.4, -0.2) is 21.4 Å². The highest BCUT2D eigenvalue weighted by atomic mass is 35.5. The number of fused-ring (bicyclic) bond motifs is 1. The minimum Gasteiger partial charge on any atom is -0.492 e. The normalized spacial score (nSPS) is 11.5. The molecule has 0 saturated heterocycles. The van der Waals surface area contributed by atoms with Gasteiger partial charge in [0, 0.05) is 17.3 Å². The van der Waals surface area contributed by atoms with Crippen LogP contribution in [-0.2, 0) is 0 Å². The van der Waals surface area contributed by atoms with E-state index in [1.807, 2.05) is 89.8 Å². The van der Waals surface area contributed by atoms with Gasteiger partial charge in [-0.25, -0.2) is 9.67 Å². The zero-order valence-corrected chi connectivity index (χ0v) is 21.3. The Morgan fingerprint density at radius 1 is 1.11 bits per heavy atom. The van der Waals surface area contributed by atoms with Gasteiger partial charge in [-0.1, -0.05) is 55.3 Å². The lowest BCUT2D eigenvalue weighted by Gasteiger charge is -2.09. The minimum atomic E-state index is 0.482. The molecule has 5 rings (SSSR count). The van der Waals surface area contributed by atoms with E-state index < -0.39 is 0 Å². The van der Waals surface area contributed by atoms with Crippen molar-refractivity contribution < 1.29 is 4.74 Å². The van der Waals surface area contributed by atoms with Gasteiger partial charge in [0.15, 0.2) is 0 Å². The molecule has 178 valence electrons. The van der Waals surface area contributed by atoms with E-state index in [-0.39, 0.29) is 0 Å². The molecule has 5 aromatic rings. The second kappa shape index (κ2) is 10.8. The zero-order valence-electron chi connectivity index (χ0n) is 19.7. The smallest absolute Gasteiger partial charge is 0.137 e. The summed E-state index contributed by atoms with van der Waals surface area (Å²) >= 11 is 8.07. The predicted molar refractivity (Wildman–Crippen MR) is 148 cm³/mol. The number of allylic oxidation sites excluding steroid dienone is 1. The fraction of sp³-hybridized carbons (Fsp3) is 0.138. The molecule has 0 fully saturated rings. The molecule has 0 spiro atoms. The van der Waals surface area contributed by atoms with E-state index in [0.717, 1.165) is 45.6 Å². The Labute approximate surface area is 218 Å². The zero-order chi connectivity index (χ0) is 24.9. The first-order valence-electron chi connectivity index (χ1n) is 11.7. The second-order valence-electron chi connectivity index (χ2n) is 8.22. The molecule has 0 radical (unpaired) electrons. The van der Waals surface area contributed by atoms with Crippen molar-refractivity contribution in [2.45, 2.75) is 19.8 Å². The first kappa shape index (κ1) is 23.8. The largest absolute Gasteiger partial charge is 0.492 e. The number of ether oxygens (including phenoxy) is 1. The molecule has 0 amide bonds. The van der Waals surface area contributed by atoms with Crippen LogP contribution >= 0.6 is 22.9 Å². The number of aromatic nitrogens is 3. The van der Waals surface area contributed by atoms with Crippen LogP contribution in [0.25, 0.3) is 38.8 Å². The number of thiazole rings is 1. The monoisotopic (exact) mass is 510 g/mol. The van der Waals surface area contributed by atoms with E-state index in [4.69, 9.17) is 21.4 Å². The van der Waals surface area contributed by atoms with E-state index >= 15 is 0 Å². The molecule has 0 aliphatic carbocycles. The van der Waals surface area contributed by atoms with Gasteiger partial charge in [-0.15, -0.1) is 11.3 Å². The van der Waals surface area contributed by atoms with Crippen LogP contribution in [0.4, 0.5) is 0 Å². The van der Waals surface area contributed by atoms with Crippen molar-refractivity contribution in [3.8, 4) is 28.8 Å². The maximum atomic E-state index is 10.0. The number of halogens is 1. The SMILES string of the molecule is CCCCOc1ccc(-c2nn(-c3ccccc3)cc2C=C(C#N)c2nc3ccccc3s2)cc1Cl. The Balaban J connectivity index is 1.59. The van der Waals surface area contributed by atoms with Gasteiger partial charge >= 0.3 is 0 Å². The molecule has 0 atom stereocenters. The fourth-order valence-electron chi connectivity index (χ4n) is 3.81. The Hall–Kier alpha value is -3.92. The minimum absolute atomic E-state index is 0.482. The fourth-order valence-corrected chi connectivity index (χ4v) is 4.97. The van der Waals surface area contributed by atoms with Crippen LogP contribution in [0.3, 0.4) is 0 Å². The number of nitriles is 1. The number of rotatable bonds is 8. The van der Waals surface area contributed by atoms with Gasteiger partial charge in [-0.05, 0) is 55.0 Å². The van der Waals surface area contributed by atoms with Gasteiger partial charge in [0.05, 0.1) is 33.1 Å². The summed E-state index contributed by atoms with van der Waals surface area (Å²) in [5, 5.41) is 16.1. The van der Waals surface area contributed by atoms with Gasteiger partial charge in [-0.2, -0.15) is 10.4 Å². The topological polar surface area (TPSA) is 63.7 Å². The number of para-hydroxylation sites is 2. The molecule has 0 saturated carbocycles. The predicted octanol–water partition coefficient (Wildman–Crippen LogP) is 8.05. The average Bonchev–Trinajstić information content (AvgIpc) is 3.53. The van der Waals surface area contributed by atoms with Crippen molar-refractivity contribution in [3.63, 3.8) is 0 Å². The third kappa shape index (κ3) is 5.03. The van der Waals surface area contributed by atoms with E-state index in [0.29, 0.717) is 28.0 Å². The summed E-state index contributed by atoms with van der Waals surface area (Å²) in [7, 11) is 0. The summed E-state index contributed by atoms with van der Waals surface area (Å²) in [6.07, 6.45) is 5.79. The first-order chi connectivity index (χ1) is 17.7. The van der Waals surface area contributed by atoms with Crippen LogP contribution in [0.1, 0.15) is 30.3 Å². The van der Waals surface area contributed by atoms with Gasteiger partial charge in [0.2, 0.25) is 0 Å². The molecule has 36 heavy (non-hydrogen) atoms. The Bertz CT molecular complexity index is 1550. The van der Waals surface area contributed by atoms with Crippen molar-refractivity contribution in [1.82, 2.24) is 14.8 Å². The summed E-state index contributed by atoms with van der Waals surface area (Å²) < 4.78 is 8.68. The molecule has 5 nitrogen and oxygen atoms in total. The van der Waals surface area contributed by atoms with Gasteiger partial charge in [-0.3, -0.25) is 0 Å². The summed E-state index contributed by atoms with van der Waals surface area (Å²) in [5.74, 6) is 0.653. The van der Waals surface area contributed by atoms with Gasteiger partial charge in [0.1, 0.15) is 22.5 Å². The lowest BCUT2D eigenvalue weighted by molar-refractivity contribution is 0.309. The molecule has 2 heterocycles. The summed E-state index contributed by atoms with van der Waals surface area (Å²) in [5.41, 5.74) is 4.63. The quantitative estimate of drug-likeness (QED) is 0.156. The summed E-state index contributed by atoms with van der Waals surface area (Å²) in [6.45, 7) is 2.75. The number of benzene rings is 3. The van der Waals surface area contributed by atoms with Crippen molar-refractivity contribution in [3.05, 3.63) is 94.6 Å². The standard InChI is InChI=1S/C29H23ClN4OS/c1-2-3-15-35-26-14-13-20(17-24(26)30)28-22(19-34(33-28)23-9-5-4-6-10-23)16-21(18-31)29-32-25-11-7-8-12-27(25)36-29/h4-14,16-17,19H,2-3,15H2,1H3. The molecule has 7 heteroatoms. The number of hydrogen-bond donors (Lipinski definition) is 0. The Morgan fingerprint density at radius 2 is 1.92 bits per heavy atom. The number of unbranched alkanes of at least 4 members (excludes halogenated alkanes) is 1. The Morgan fingerprint density at radius 3 is 2.67 bits per heavy atom. The molecule has 0 aliphatic heterocycles.